The number of alkyl halides is 3. The first-order valence-corrected chi connectivity index (χ1v) is 35.7. The van der Waals surface area contributed by atoms with E-state index in [9.17, 15) is 75.8 Å². The number of hydrogen-bond donors (Lipinski definition) is 10. The Hall–Kier alpha value is -11.6. The summed E-state index contributed by atoms with van der Waals surface area (Å²) >= 11 is 5.84. The molecule has 22 heteroatoms. The van der Waals surface area contributed by atoms with Crippen LogP contribution >= 0.6 is 11.6 Å². The summed E-state index contributed by atoms with van der Waals surface area (Å²) in [6.45, 7) is 10.2. The number of hydrogen-bond acceptors (Lipinski definition) is 10. The molecule has 10 N–H and O–H groups in total. The van der Waals surface area contributed by atoms with Gasteiger partial charge < -0.3 is 52.1 Å². The summed E-state index contributed by atoms with van der Waals surface area (Å²) in [5.74, 6) is -6.89. The zero-order chi connectivity index (χ0) is 77.4. The molecule has 5 atom stereocenters. The van der Waals surface area contributed by atoms with E-state index < -0.39 is 64.3 Å². The third kappa shape index (κ3) is 18.1. The Bertz CT molecular complexity index is 4860. The highest BCUT2D eigenvalue weighted by Crippen LogP contribution is 2.41. The van der Waals surface area contributed by atoms with Gasteiger partial charge in [0.2, 0.25) is 0 Å². The van der Waals surface area contributed by atoms with E-state index in [2.05, 4.69) is 69.9 Å². The molecule has 0 aromatic heterocycles. The van der Waals surface area contributed by atoms with Gasteiger partial charge in [0.05, 0.1) is 63.0 Å². The van der Waals surface area contributed by atoms with Gasteiger partial charge in [-0.25, -0.2) is 13.2 Å². The van der Waals surface area contributed by atoms with Crippen LogP contribution < -0.4 is 26.6 Å². The summed E-state index contributed by atoms with van der Waals surface area (Å²) in [7, 11) is 0. The van der Waals surface area contributed by atoms with Crippen molar-refractivity contribution in [3.05, 3.63) is 321 Å². The number of phenols is 5. The fraction of sp³-hybridized carbons (Fsp3) is 0.244. The Morgan fingerprint density at radius 1 is 0.352 bits per heavy atom. The molecule has 0 aliphatic heterocycles. The molecule has 0 radical (unpaired) electrons. The molecule has 558 valence electrons. The average molecular weight is 1490 g/mol. The lowest BCUT2D eigenvalue weighted by atomic mass is 10.0. The van der Waals surface area contributed by atoms with Crippen LogP contribution in [0.2, 0.25) is 5.02 Å². The van der Waals surface area contributed by atoms with Crippen LogP contribution in [0.25, 0.3) is 0 Å². The molecule has 0 spiro atoms. The number of nitrogens with one attached hydrogen (secondary N) is 5. The third-order valence-electron chi connectivity index (χ3n) is 19.9. The average Bonchev–Trinajstić information content (AvgIpc) is 1.56. The third-order valence-corrected chi connectivity index (χ3v) is 20.2. The van der Waals surface area contributed by atoms with Crippen molar-refractivity contribution >= 4 is 41.1 Å². The number of benzene rings is 10. The molecule has 0 heterocycles. The molecular formula is C86H80ClF6N5O10. The Morgan fingerprint density at radius 2 is 0.676 bits per heavy atom. The molecule has 108 heavy (non-hydrogen) atoms. The molecule has 15 nitrogen and oxygen atoms in total. The van der Waals surface area contributed by atoms with E-state index in [4.69, 9.17) is 11.6 Å². The largest absolute Gasteiger partial charge is 0.507 e. The number of fused-ring (bicyclic) bond motifs is 5. The smallest absolute Gasteiger partial charge is 0.419 e. The minimum absolute atomic E-state index is 0.00789. The maximum Gasteiger partial charge on any atom is 0.419 e. The van der Waals surface area contributed by atoms with Gasteiger partial charge in [-0.1, -0.05) is 155 Å². The molecule has 15 rings (SSSR count). The Kier molecular flexibility index (Phi) is 24.0. The second kappa shape index (κ2) is 33.5. The van der Waals surface area contributed by atoms with E-state index in [0.717, 1.165) is 127 Å². The highest BCUT2D eigenvalue weighted by atomic mass is 35.5. The van der Waals surface area contributed by atoms with Gasteiger partial charge in [0, 0.05) is 0 Å². The number of aryl methyl sites for hydroxylation is 10. The lowest BCUT2D eigenvalue weighted by molar-refractivity contribution is -0.138. The molecule has 0 bridgehead atoms. The topological polar surface area (TPSA) is 247 Å². The first-order valence-electron chi connectivity index (χ1n) is 35.3. The number of carbonyl (C=O) groups excluding carboxylic acids is 5. The minimum Gasteiger partial charge on any atom is -0.507 e. The van der Waals surface area contributed by atoms with Crippen molar-refractivity contribution in [2.45, 2.75) is 135 Å². The summed E-state index contributed by atoms with van der Waals surface area (Å²) in [6, 6.07) is 49.1. The molecule has 5 aliphatic carbocycles. The van der Waals surface area contributed by atoms with Gasteiger partial charge in [-0.05, 0) is 221 Å². The van der Waals surface area contributed by atoms with Crippen molar-refractivity contribution in [2.24, 2.45) is 0 Å². The van der Waals surface area contributed by atoms with Gasteiger partial charge in [0.15, 0.2) is 11.6 Å². The highest BCUT2D eigenvalue weighted by molar-refractivity contribution is 6.32. The van der Waals surface area contributed by atoms with Crippen LogP contribution in [-0.4, -0.2) is 55.1 Å². The van der Waals surface area contributed by atoms with Crippen LogP contribution in [-0.2, 0) is 38.3 Å². The first-order chi connectivity index (χ1) is 51.5. The highest BCUT2D eigenvalue weighted by Gasteiger charge is 2.37. The summed E-state index contributed by atoms with van der Waals surface area (Å²) in [5.41, 5.74) is 15.7. The molecule has 0 saturated heterocycles. The molecule has 0 fully saturated rings. The van der Waals surface area contributed by atoms with E-state index in [1.54, 1.807) is 18.2 Å². The number of halogens is 7. The standard InChI is InChI=1S/C18H16F3NO2.C17H16ClNO2.3C17H16FNO2/c1-10-5-7-12-11(9-10)6-8-15(12)22-17(24)13-3-2-4-14(16(13)23)18(19,20)21;1-10-5-7-12-11(9-10)6-8-15(12)19-17(21)13-3-2-4-14(18)16(13)20;1-10-2-5-13-11(8-10)3-6-15(13)19-17(21)14-9-12(18)4-7-16(14)20;1-10-5-7-12-11(9-10)6-8-14(12)19-17(21)16-13(18)3-2-4-15(16)20;1-10-5-7-12-11(9-10)6-8-15(12)19-17(21)13-3-2-4-14(18)16(13)20/h2-5,7,9,15,23H,6,8H2,1H3,(H,22,24);2-5,7,9,15,20H,6,8H2,1H3,(H,19,21);2,4-5,7-9,15,20H,3,6H2,1H3,(H,19,21);2-5,7,9,14,20H,6,8H2,1H3,(H,19,21);2-5,7,9,15,20H,6,8H2,1H3,(H,19,21)/t3*15-;14-;15-/m11111/s1. The second-order valence-corrected chi connectivity index (χ2v) is 28.0. The lowest BCUT2D eigenvalue weighted by Crippen LogP contribution is -2.28. The van der Waals surface area contributed by atoms with E-state index in [0.29, 0.717) is 6.42 Å². The Balaban J connectivity index is 0.000000134. The van der Waals surface area contributed by atoms with Gasteiger partial charge >= 0.3 is 6.18 Å². The number of rotatable bonds is 10. The molecule has 0 saturated carbocycles. The van der Waals surface area contributed by atoms with Crippen LogP contribution in [0.15, 0.2) is 182 Å². The maximum absolute atomic E-state index is 13.7. The van der Waals surface area contributed by atoms with Crippen LogP contribution in [0.4, 0.5) is 26.3 Å². The molecule has 5 amide bonds. The molecule has 5 aliphatic rings. The van der Waals surface area contributed by atoms with Crippen LogP contribution in [0, 0.1) is 52.1 Å². The minimum atomic E-state index is -4.71. The number of aromatic hydroxyl groups is 5. The molecule has 10 aromatic rings. The van der Waals surface area contributed by atoms with Crippen molar-refractivity contribution in [2.75, 3.05) is 0 Å². The van der Waals surface area contributed by atoms with Crippen LogP contribution in [0.3, 0.4) is 0 Å². The Morgan fingerprint density at radius 3 is 1.06 bits per heavy atom. The molecule has 10 aromatic carbocycles. The SMILES string of the molecule is Cc1ccc2c(c1)CC[C@H]2NC(=O)c1c(O)cccc1F.Cc1ccc2c(c1)CC[C@H]2NC(=O)c1cc(F)ccc1O.Cc1ccc2c(c1)CC[C@H]2NC(=O)c1cccc(C(F)(F)F)c1O.Cc1ccc2c(c1)CC[C@H]2NC(=O)c1cccc(Cl)c1O.Cc1ccc2c(c1)CC[C@H]2NC(=O)c1cccc(F)c1O. The van der Waals surface area contributed by atoms with Gasteiger partial charge in [-0.15, -0.1) is 0 Å². The predicted octanol–water partition coefficient (Wildman–Crippen LogP) is 17.7. The fourth-order valence-electron chi connectivity index (χ4n) is 14.4. The summed E-state index contributed by atoms with van der Waals surface area (Å²) < 4.78 is 78.7. The van der Waals surface area contributed by atoms with Crippen LogP contribution in [0.1, 0.15) is 203 Å². The van der Waals surface area contributed by atoms with Gasteiger partial charge in [-0.2, -0.15) is 13.2 Å². The van der Waals surface area contributed by atoms with Crippen molar-refractivity contribution in [1.29, 1.82) is 0 Å². The van der Waals surface area contributed by atoms with E-state index in [1.807, 2.05) is 82.3 Å². The summed E-state index contributed by atoms with van der Waals surface area (Å²) in [6.07, 6.45) is 3.77. The zero-order valence-electron chi connectivity index (χ0n) is 59.7. The van der Waals surface area contributed by atoms with Crippen molar-refractivity contribution in [3.63, 3.8) is 0 Å². The maximum atomic E-state index is 13.7. The number of amides is 5. The monoisotopic (exact) mass is 1490 g/mol. The Labute approximate surface area is 625 Å². The van der Waals surface area contributed by atoms with Crippen molar-refractivity contribution in [3.8, 4) is 28.7 Å². The van der Waals surface area contributed by atoms with Gasteiger partial charge in [0.25, 0.3) is 29.5 Å². The quantitative estimate of drug-likeness (QED) is 0.0580. The van der Waals surface area contributed by atoms with Gasteiger partial charge in [0.1, 0.15) is 40.2 Å². The number of phenolic OH excluding ortho intramolecular Hbond substituents is 5. The number of para-hydroxylation sites is 3. The fourth-order valence-corrected chi connectivity index (χ4v) is 14.6. The molecular weight excluding hydrogens is 1410 g/mol. The van der Waals surface area contributed by atoms with E-state index >= 15 is 0 Å². The predicted molar refractivity (Wildman–Crippen MR) is 399 cm³/mol. The number of carbonyl (C=O) groups is 5. The summed E-state index contributed by atoms with van der Waals surface area (Å²) in [4.78, 5) is 61.3. The molecule has 0 unspecified atom stereocenters. The second-order valence-electron chi connectivity index (χ2n) is 27.6. The van der Waals surface area contributed by atoms with Crippen molar-refractivity contribution in [1.82, 2.24) is 26.6 Å². The van der Waals surface area contributed by atoms with Crippen molar-refractivity contribution < 1.29 is 75.8 Å². The van der Waals surface area contributed by atoms with Gasteiger partial charge in [-0.3, -0.25) is 24.0 Å². The lowest BCUT2D eigenvalue weighted by Gasteiger charge is -2.16. The van der Waals surface area contributed by atoms with E-state index in [1.165, 1.54) is 87.0 Å². The van der Waals surface area contributed by atoms with Crippen LogP contribution in [0.5, 0.6) is 28.7 Å². The zero-order valence-corrected chi connectivity index (χ0v) is 60.5. The van der Waals surface area contributed by atoms with E-state index in [-0.39, 0.29) is 86.2 Å². The normalized spacial score (nSPS) is 16.6. The summed E-state index contributed by atoms with van der Waals surface area (Å²) in [5, 5.41) is 63.1. The first kappa shape index (κ1) is 77.5.